The van der Waals surface area contributed by atoms with Crippen LogP contribution in [0, 0.1) is 0 Å². The second kappa shape index (κ2) is 5.49. The van der Waals surface area contributed by atoms with Gasteiger partial charge in [0.2, 0.25) is 0 Å². The molecular weight excluding hydrogens is 385 g/mol. The van der Waals surface area contributed by atoms with Gasteiger partial charge in [-0.25, -0.2) is 4.45 Å². The lowest BCUT2D eigenvalue weighted by Gasteiger charge is -2.13. The molecule has 1 aromatic heterocycles. The summed E-state index contributed by atoms with van der Waals surface area (Å²) in [6, 6.07) is 3.87. The molecule has 0 saturated carbocycles. The molecule has 4 nitrogen and oxygen atoms in total. The summed E-state index contributed by atoms with van der Waals surface area (Å²) < 4.78 is 13.1. The van der Waals surface area contributed by atoms with Gasteiger partial charge in [-0.15, -0.1) is 0 Å². The third kappa shape index (κ3) is 2.46. The zero-order valence-corrected chi connectivity index (χ0v) is 13.3. The number of ether oxygens (including phenoxy) is 2. The Morgan fingerprint density at radius 2 is 2.44 bits per heavy atom. The number of benzene rings is 1. The van der Waals surface area contributed by atoms with Gasteiger partial charge in [0.25, 0.3) is 0 Å². The normalized spacial score (nSPS) is 20.2. The standard InChI is InChI=1S/C11H11ClIN2O2P/c12-9-3-7-5-14-15(18-13)10(7)4-11(9)17-8-1-2-16-6-8/h3-5,8,18H,1-2,6H2/t8-/m1/s1. The number of halogens is 2. The lowest BCUT2D eigenvalue weighted by atomic mass is 10.2. The van der Waals surface area contributed by atoms with Gasteiger partial charge in [-0.3, -0.25) is 0 Å². The molecular formula is C11H11ClIN2O2P. The van der Waals surface area contributed by atoms with E-state index in [1.165, 1.54) is 0 Å². The smallest absolute Gasteiger partial charge is 0.140 e. The van der Waals surface area contributed by atoms with Crippen LogP contribution in [-0.2, 0) is 4.74 Å². The van der Waals surface area contributed by atoms with E-state index in [1.54, 1.807) is 0 Å². The lowest BCUT2D eigenvalue weighted by molar-refractivity contribution is 0.141. The molecule has 0 bridgehead atoms. The molecule has 1 aromatic carbocycles. The van der Waals surface area contributed by atoms with Crippen LogP contribution >= 0.6 is 40.0 Å². The quantitative estimate of drug-likeness (QED) is 0.587. The van der Waals surface area contributed by atoms with Gasteiger partial charge >= 0.3 is 0 Å². The molecule has 1 aliphatic heterocycles. The summed E-state index contributed by atoms with van der Waals surface area (Å²) in [4.78, 5) is 0. The Bertz CT molecular complexity index is 571. The summed E-state index contributed by atoms with van der Waals surface area (Å²) in [5.41, 5.74) is 1.06. The Morgan fingerprint density at radius 1 is 1.56 bits per heavy atom. The monoisotopic (exact) mass is 396 g/mol. The number of hydrogen-bond acceptors (Lipinski definition) is 3. The Balaban J connectivity index is 1.96. The van der Waals surface area contributed by atoms with E-state index in [2.05, 4.69) is 27.1 Å². The van der Waals surface area contributed by atoms with E-state index >= 15 is 0 Å². The average molecular weight is 397 g/mol. The maximum atomic E-state index is 6.23. The number of rotatable bonds is 3. The summed E-state index contributed by atoms with van der Waals surface area (Å²) in [6.07, 6.45) is 3.42. The molecule has 0 N–H and O–H groups in total. The highest BCUT2D eigenvalue weighted by atomic mass is 127. The van der Waals surface area contributed by atoms with E-state index in [9.17, 15) is 0 Å². The van der Waals surface area contributed by atoms with E-state index in [4.69, 9.17) is 21.1 Å². The first-order valence-corrected chi connectivity index (χ1v) is 10.00. The van der Waals surface area contributed by atoms with Crippen LogP contribution in [-0.4, -0.2) is 28.9 Å². The van der Waals surface area contributed by atoms with Crippen LogP contribution in [0.2, 0.25) is 5.02 Å². The second-order valence-electron chi connectivity index (χ2n) is 4.09. The predicted molar refractivity (Wildman–Crippen MR) is 82.3 cm³/mol. The fraction of sp³-hybridized carbons (Fsp3) is 0.364. The van der Waals surface area contributed by atoms with Gasteiger partial charge in [-0.1, -0.05) is 11.6 Å². The van der Waals surface area contributed by atoms with E-state index in [1.807, 2.05) is 22.8 Å². The Kier molecular flexibility index (Phi) is 3.94. The number of nitrogens with zero attached hydrogens (tertiary/aromatic N) is 2. The van der Waals surface area contributed by atoms with Crippen molar-refractivity contribution >= 4 is 50.9 Å². The van der Waals surface area contributed by atoms with Crippen LogP contribution in [0.3, 0.4) is 0 Å². The maximum absolute atomic E-state index is 6.23. The maximum Gasteiger partial charge on any atom is 0.140 e. The van der Waals surface area contributed by atoms with Crippen molar-refractivity contribution in [1.29, 1.82) is 0 Å². The second-order valence-corrected chi connectivity index (χ2v) is 6.53. The van der Waals surface area contributed by atoms with Crippen LogP contribution < -0.4 is 4.74 Å². The Hall–Kier alpha value is -0.100. The highest BCUT2D eigenvalue weighted by Crippen LogP contribution is 2.35. The molecule has 1 aliphatic rings. The average Bonchev–Trinajstić information content (AvgIpc) is 2.99. The highest BCUT2D eigenvalue weighted by molar-refractivity contribution is 14.2. The van der Waals surface area contributed by atoms with Crippen molar-refractivity contribution in [2.45, 2.75) is 12.5 Å². The van der Waals surface area contributed by atoms with E-state index in [0.29, 0.717) is 18.0 Å². The third-order valence-corrected chi connectivity index (χ3v) is 5.07. The minimum atomic E-state index is 0.110. The van der Waals surface area contributed by atoms with Gasteiger partial charge in [0.1, 0.15) is 11.9 Å². The minimum Gasteiger partial charge on any atom is -0.486 e. The SMILES string of the molecule is Clc1cc2cnn(PI)c2cc1O[C@@H]1CCOC1. The van der Waals surface area contributed by atoms with Crippen molar-refractivity contribution in [3.8, 4) is 5.75 Å². The van der Waals surface area contributed by atoms with E-state index < -0.39 is 0 Å². The zero-order valence-electron chi connectivity index (χ0n) is 9.40. The third-order valence-electron chi connectivity index (χ3n) is 2.88. The highest BCUT2D eigenvalue weighted by Gasteiger charge is 2.19. The van der Waals surface area contributed by atoms with Crippen LogP contribution in [0.25, 0.3) is 10.9 Å². The van der Waals surface area contributed by atoms with Gasteiger partial charge in [0, 0.05) is 17.9 Å². The minimum absolute atomic E-state index is 0.110. The number of hydrogen-bond donors (Lipinski definition) is 0. The first-order chi connectivity index (χ1) is 8.78. The number of fused-ring (bicyclic) bond motifs is 1. The molecule has 96 valence electrons. The van der Waals surface area contributed by atoms with Crippen molar-refractivity contribution in [3.63, 3.8) is 0 Å². The summed E-state index contributed by atoms with van der Waals surface area (Å²) >= 11 is 8.53. The van der Waals surface area contributed by atoms with Crippen LogP contribution in [0.15, 0.2) is 18.3 Å². The molecule has 7 heteroatoms. The largest absolute Gasteiger partial charge is 0.486 e. The van der Waals surface area contributed by atoms with Crippen molar-refractivity contribution in [1.82, 2.24) is 9.55 Å². The van der Waals surface area contributed by atoms with Crippen molar-refractivity contribution in [2.24, 2.45) is 0 Å². The van der Waals surface area contributed by atoms with Crippen LogP contribution in [0.4, 0.5) is 0 Å². The summed E-state index contributed by atoms with van der Waals surface area (Å²) in [7, 11) is 0. The Labute approximate surface area is 124 Å². The molecule has 0 aliphatic carbocycles. The Morgan fingerprint density at radius 3 is 3.17 bits per heavy atom. The molecule has 1 unspecified atom stereocenters. The molecule has 1 fully saturated rings. The van der Waals surface area contributed by atoms with E-state index in [0.717, 1.165) is 29.7 Å². The molecule has 1 saturated heterocycles. The fourth-order valence-electron chi connectivity index (χ4n) is 1.97. The first kappa shape index (κ1) is 12.9. The van der Waals surface area contributed by atoms with Crippen LogP contribution in [0.5, 0.6) is 5.75 Å². The molecule has 2 atom stereocenters. The lowest BCUT2D eigenvalue weighted by Crippen LogP contribution is -2.15. The summed E-state index contributed by atoms with van der Waals surface area (Å²) in [5, 5.41) is 5.98. The van der Waals surface area contributed by atoms with Crippen molar-refractivity contribution < 1.29 is 9.47 Å². The van der Waals surface area contributed by atoms with Gasteiger partial charge in [-0.2, -0.15) is 5.10 Å². The molecule has 0 spiro atoms. The molecule has 2 heterocycles. The predicted octanol–water partition coefficient (Wildman–Crippen LogP) is 3.65. The molecule has 18 heavy (non-hydrogen) atoms. The molecule has 2 aromatic rings. The van der Waals surface area contributed by atoms with Crippen molar-refractivity contribution in [2.75, 3.05) is 13.2 Å². The topological polar surface area (TPSA) is 36.3 Å². The fourth-order valence-corrected chi connectivity index (χ4v) is 3.73. The molecule has 0 radical (unpaired) electrons. The zero-order chi connectivity index (χ0) is 12.5. The van der Waals surface area contributed by atoms with Gasteiger partial charge in [0.15, 0.2) is 0 Å². The van der Waals surface area contributed by atoms with Gasteiger partial charge in [-0.05, 0) is 28.1 Å². The van der Waals surface area contributed by atoms with E-state index in [-0.39, 0.29) is 6.10 Å². The summed E-state index contributed by atoms with van der Waals surface area (Å²) in [5.74, 6) is 0.719. The van der Waals surface area contributed by atoms with Crippen molar-refractivity contribution in [3.05, 3.63) is 23.4 Å². The first-order valence-electron chi connectivity index (χ1n) is 5.56. The van der Waals surface area contributed by atoms with Gasteiger partial charge in [0.05, 0.1) is 36.3 Å². The number of aromatic nitrogens is 2. The van der Waals surface area contributed by atoms with Gasteiger partial charge < -0.3 is 9.47 Å². The molecule has 3 rings (SSSR count). The summed E-state index contributed by atoms with van der Waals surface area (Å²) in [6.45, 7) is 1.40. The van der Waals surface area contributed by atoms with Crippen LogP contribution in [0.1, 0.15) is 6.42 Å². The molecule has 0 amide bonds.